The number of rotatable bonds is 4. The van der Waals surface area contributed by atoms with Crippen LogP contribution in [0.4, 0.5) is 0 Å². The Labute approximate surface area is 113 Å². The molecule has 1 atom stereocenters. The molecule has 2 aromatic rings. The third-order valence-corrected chi connectivity index (χ3v) is 3.42. The molecule has 0 spiro atoms. The van der Waals surface area contributed by atoms with Gasteiger partial charge in [0.2, 0.25) is 0 Å². The van der Waals surface area contributed by atoms with Crippen molar-refractivity contribution in [1.29, 1.82) is 0 Å². The highest BCUT2D eigenvalue weighted by Gasteiger charge is 2.20. The number of ether oxygens (including phenoxy) is 2. The minimum atomic E-state index is -0.805. The minimum Gasteiger partial charge on any atom is -0.495 e. The van der Waals surface area contributed by atoms with Crippen LogP contribution in [0.15, 0.2) is 39.6 Å². The Morgan fingerprint density at radius 1 is 1.22 bits per heavy atom. The largest absolute Gasteiger partial charge is 0.495 e. The first kappa shape index (κ1) is 13.0. The summed E-state index contributed by atoms with van der Waals surface area (Å²) in [6.45, 7) is 0. The van der Waals surface area contributed by atoms with Crippen LogP contribution >= 0.6 is 15.9 Å². The van der Waals surface area contributed by atoms with E-state index >= 15 is 0 Å². The van der Waals surface area contributed by atoms with Gasteiger partial charge in [-0.1, -0.05) is 0 Å². The molecule has 0 amide bonds. The van der Waals surface area contributed by atoms with Gasteiger partial charge in [-0.15, -0.1) is 0 Å². The first-order valence-electron chi connectivity index (χ1n) is 5.29. The maximum atomic E-state index is 10.3. The molecule has 4 nitrogen and oxygen atoms in total. The van der Waals surface area contributed by atoms with E-state index in [-0.39, 0.29) is 0 Å². The van der Waals surface area contributed by atoms with Crippen molar-refractivity contribution in [2.24, 2.45) is 0 Å². The lowest BCUT2D eigenvalue weighted by atomic mass is 10.0. The summed E-state index contributed by atoms with van der Waals surface area (Å²) in [5, 5.41) is 10.3. The van der Waals surface area contributed by atoms with Crippen molar-refractivity contribution < 1.29 is 19.0 Å². The summed E-state index contributed by atoms with van der Waals surface area (Å²) in [7, 11) is 3.12. The average molecular weight is 313 g/mol. The number of hydrogen-bond acceptors (Lipinski definition) is 4. The van der Waals surface area contributed by atoms with E-state index in [1.807, 2.05) is 0 Å². The fraction of sp³-hybridized carbons (Fsp3) is 0.231. The highest BCUT2D eigenvalue weighted by molar-refractivity contribution is 9.10. The van der Waals surface area contributed by atoms with Gasteiger partial charge in [-0.05, 0) is 34.1 Å². The Kier molecular flexibility index (Phi) is 3.93. The molecule has 2 rings (SSSR count). The molecule has 0 aliphatic carbocycles. The molecule has 0 saturated heterocycles. The molecule has 0 bridgehead atoms. The molecule has 0 aliphatic rings. The van der Waals surface area contributed by atoms with Crippen molar-refractivity contribution in [2.75, 3.05) is 14.2 Å². The lowest BCUT2D eigenvalue weighted by molar-refractivity contribution is 0.213. The molecule has 96 valence electrons. The number of methoxy groups -OCH3 is 2. The number of benzene rings is 1. The van der Waals surface area contributed by atoms with Crippen molar-refractivity contribution in [3.05, 3.63) is 46.3 Å². The van der Waals surface area contributed by atoms with Gasteiger partial charge in [0.05, 0.1) is 26.7 Å². The Bertz CT molecular complexity index is 522. The second-order valence-electron chi connectivity index (χ2n) is 3.66. The zero-order chi connectivity index (χ0) is 13.1. The lowest BCUT2D eigenvalue weighted by Gasteiger charge is -2.16. The molecule has 0 aliphatic heterocycles. The van der Waals surface area contributed by atoms with Crippen molar-refractivity contribution in [2.45, 2.75) is 6.10 Å². The van der Waals surface area contributed by atoms with E-state index in [1.165, 1.54) is 12.5 Å². The minimum absolute atomic E-state index is 0.544. The molecule has 18 heavy (non-hydrogen) atoms. The van der Waals surface area contributed by atoms with Gasteiger partial charge in [0, 0.05) is 11.1 Å². The predicted molar refractivity (Wildman–Crippen MR) is 70.0 cm³/mol. The van der Waals surface area contributed by atoms with E-state index in [0.29, 0.717) is 27.1 Å². The summed E-state index contributed by atoms with van der Waals surface area (Å²) in [6.07, 6.45) is 2.21. The fourth-order valence-corrected chi connectivity index (χ4v) is 2.43. The normalized spacial score (nSPS) is 12.2. The van der Waals surface area contributed by atoms with E-state index in [0.717, 1.165) is 0 Å². The van der Waals surface area contributed by atoms with Gasteiger partial charge in [-0.25, -0.2) is 0 Å². The van der Waals surface area contributed by atoms with Crippen LogP contribution in [-0.4, -0.2) is 19.3 Å². The first-order chi connectivity index (χ1) is 8.69. The molecule has 5 heteroatoms. The lowest BCUT2D eigenvalue weighted by Crippen LogP contribution is -2.02. The van der Waals surface area contributed by atoms with Crippen LogP contribution in [0.2, 0.25) is 0 Å². The number of halogens is 1. The molecule has 0 fully saturated rings. The van der Waals surface area contributed by atoms with Crippen molar-refractivity contribution in [3.8, 4) is 11.5 Å². The van der Waals surface area contributed by atoms with E-state index < -0.39 is 6.10 Å². The highest BCUT2D eigenvalue weighted by Crippen LogP contribution is 2.41. The zero-order valence-electron chi connectivity index (χ0n) is 10.0. The van der Waals surface area contributed by atoms with E-state index in [9.17, 15) is 5.11 Å². The summed E-state index contributed by atoms with van der Waals surface area (Å²) in [6, 6.07) is 5.24. The smallest absolute Gasteiger partial charge is 0.142 e. The topological polar surface area (TPSA) is 51.8 Å². The van der Waals surface area contributed by atoms with Crippen LogP contribution in [0, 0.1) is 0 Å². The Morgan fingerprint density at radius 2 is 2.00 bits per heavy atom. The third-order valence-electron chi connectivity index (χ3n) is 2.67. The number of hydrogen-bond donors (Lipinski definition) is 1. The van der Waals surface area contributed by atoms with Gasteiger partial charge >= 0.3 is 0 Å². The van der Waals surface area contributed by atoms with Gasteiger partial charge < -0.3 is 19.0 Å². The molecule has 1 aromatic carbocycles. The Morgan fingerprint density at radius 3 is 2.56 bits per heavy atom. The quantitative estimate of drug-likeness (QED) is 0.942. The van der Waals surface area contributed by atoms with Gasteiger partial charge in [0.1, 0.15) is 22.1 Å². The third kappa shape index (κ3) is 2.23. The summed E-state index contributed by atoms with van der Waals surface area (Å²) in [5.41, 5.74) is 1.32. The molecule has 1 heterocycles. The van der Waals surface area contributed by atoms with E-state index in [2.05, 4.69) is 15.9 Å². The van der Waals surface area contributed by atoms with Crippen LogP contribution in [-0.2, 0) is 0 Å². The summed E-state index contributed by atoms with van der Waals surface area (Å²) in [5.74, 6) is 1.19. The van der Waals surface area contributed by atoms with E-state index in [4.69, 9.17) is 13.9 Å². The number of furan rings is 1. The Hall–Kier alpha value is -1.46. The van der Waals surface area contributed by atoms with Crippen LogP contribution in [0.25, 0.3) is 0 Å². The molecule has 0 saturated carbocycles. The monoisotopic (exact) mass is 312 g/mol. The average Bonchev–Trinajstić information content (AvgIpc) is 2.91. The fourth-order valence-electron chi connectivity index (χ4n) is 1.74. The van der Waals surface area contributed by atoms with Crippen molar-refractivity contribution in [1.82, 2.24) is 0 Å². The first-order valence-corrected chi connectivity index (χ1v) is 6.09. The standard InChI is InChI=1S/C13H13BrO4/c1-16-10-4-3-9(13(17-2)11(10)14)12(15)8-5-6-18-7-8/h3-7,12,15H,1-2H3. The summed E-state index contributed by atoms with van der Waals surface area (Å²) >= 11 is 3.40. The van der Waals surface area contributed by atoms with Gasteiger partial charge in [0.15, 0.2) is 0 Å². The molecular formula is C13H13BrO4. The molecule has 1 N–H and O–H groups in total. The molecule has 1 aromatic heterocycles. The van der Waals surface area contributed by atoms with E-state index in [1.54, 1.807) is 32.4 Å². The van der Waals surface area contributed by atoms with Gasteiger partial charge in [0.25, 0.3) is 0 Å². The SMILES string of the molecule is COc1ccc(C(O)c2ccoc2)c(OC)c1Br. The summed E-state index contributed by atoms with van der Waals surface area (Å²) in [4.78, 5) is 0. The number of aliphatic hydroxyl groups is 1. The highest BCUT2D eigenvalue weighted by atomic mass is 79.9. The maximum Gasteiger partial charge on any atom is 0.142 e. The van der Waals surface area contributed by atoms with Crippen LogP contribution in [0.3, 0.4) is 0 Å². The molecule has 0 radical (unpaired) electrons. The number of aliphatic hydroxyl groups excluding tert-OH is 1. The zero-order valence-corrected chi connectivity index (χ0v) is 11.6. The second kappa shape index (κ2) is 5.46. The predicted octanol–water partition coefficient (Wildman–Crippen LogP) is 3.14. The van der Waals surface area contributed by atoms with Crippen LogP contribution < -0.4 is 9.47 Å². The summed E-state index contributed by atoms with van der Waals surface area (Å²) < 4.78 is 16.1. The van der Waals surface area contributed by atoms with Crippen LogP contribution in [0.5, 0.6) is 11.5 Å². The van der Waals surface area contributed by atoms with Gasteiger partial charge in [-0.3, -0.25) is 0 Å². The molecule has 1 unspecified atom stereocenters. The molecular weight excluding hydrogens is 300 g/mol. The second-order valence-corrected chi connectivity index (χ2v) is 4.46. The maximum absolute atomic E-state index is 10.3. The van der Waals surface area contributed by atoms with Crippen molar-refractivity contribution >= 4 is 15.9 Å². The van der Waals surface area contributed by atoms with Crippen LogP contribution in [0.1, 0.15) is 17.2 Å². The van der Waals surface area contributed by atoms with Crippen molar-refractivity contribution in [3.63, 3.8) is 0 Å². The van der Waals surface area contributed by atoms with Gasteiger partial charge in [-0.2, -0.15) is 0 Å². The Balaban J connectivity index is 2.48.